The summed E-state index contributed by atoms with van der Waals surface area (Å²) in [7, 11) is 0. The summed E-state index contributed by atoms with van der Waals surface area (Å²) >= 11 is 7.66. The SMILES string of the molecule is CCCc1ccc(OCC(=O)N/N=C/c2cccc(OC(=O)c3sc4ccccc4c3Cl)c2)cc1. The van der Waals surface area contributed by atoms with Crippen LogP contribution in [-0.2, 0) is 11.2 Å². The minimum atomic E-state index is -0.529. The summed E-state index contributed by atoms with van der Waals surface area (Å²) in [4.78, 5) is 25.0. The summed E-state index contributed by atoms with van der Waals surface area (Å²) < 4.78 is 11.9. The van der Waals surface area contributed by atoms with Crippen molar-refractivity contribution in [2.75, 3.05) is 6.61 Å². The lowest BCUT2D eigenvalue weighted by Crippen LogP contribution is -2.24. The Morgan fingerprint density at radius 3 is 2.60 bits per heavy atom. The zero-order chi connectivity index (χ0) is 24.6. The molecular formula is C27H23ClN2O4S. The number of amides is 1. The highest BCUT2D eigenvalue weighted by Crippen LogP contribution is 2.35. The third kappa shape index (κ3) is 6.47. The lowest BCUT2D eigenvalue weighted by atomic mass is 10.1. The maximum atomic E-state index is 12.7. The quantitative estimate of drug-likeness (QED) is 0.126. The molecule has 0 saturated carbocycles. The van der Waals surface area contributed by atoms with Gasteiger partial charge < -0.3 is 9.47 Å². The molecule has 3 aromatic carbocycles. The average Bonchev–Trinajstić information content (AvgIpc) is 3.21. The lowest BCUT2D eigenvalue weighted by molar-refractivity contribution is -0.123. The van der Waals surface area contributed by atoms with Crippen LogP contribution >= 0.6 is 22.9 Å². The molecule has 178 valence electrons. The Hall–Kier alpha value is -3.68. The maximum absolute atomic E-state index is 12.7. The van der Waals surface area contributed by atoms with E-state index in [4.69, 9.17) is 21.1 Å². The molecule has 35 heavy (non-hydrogen) atoms. The second-order valence-electron chi connectivity index (χ2n) is 7.68. The fourth-order valence-electron chi connectivity index (χ4n) is 3.36. The number of thiophene rings is 1. The minimum absolute atomic E-state index is 0.155. The first-order chi connectivity index (χ1) is 17.0. The molecule has 0 aliphatic rings. The Bertz CT molecular complexity index is 1370. The highest BCUT2D eigenvalue weighted by molar-refractivity contribution is 7.21. The summed E-state index contributed by atoms with van der Waals surface area (Å²) in [6.45, 7) is 1.97. The van der Waals surface area contributed by atoms with Crippen LogP contribution in [0.5, 0.6) is 11.5 Å². The number of nitrogens with zero attached hydrogens (tertiary/aromatic N) is 1. The molecule has 0 aliphatic carbocycles. The van der Waals surface area contributed by atoms with Crippen molar-refractivity contribution in [3.05, 3.63) is 93.8 Å². The molecule has 1 heterocycles. The number of fused-ring (bicyclic) bond motifs is 1. The van der Waals surface area contributed by atoms with Crippen LogP contribution < -0.4 is 14.9 Å². The van der Waals surface area contributed by atoms with Gasteiger partial charge in [0, 0.05) is 10.1 Å². The van der Waals surface area contributed by atoms with Crippen molar-refractivity contribution in [2.24, 2.45) is 5.10 Å². The van der Waals surface area contributed by atoms with Gasteiger partial charge in [-0.25, -0.2) is 10.2 Å². The zero-order valence-corrected chi connectivity index (χ0v) is 20.6. The Labute approximate surface area is 212 Å². The van der Waals surface area contributed by atoms with Crippen molar-refractivity contribution >= 4 is 51.1 Å². The van der Waals surface area contributed by atoms with Gasteiger partial charge in [-0.05, 0) is 47.9 Å². The van der Waals surface area contributed by atoms with E-state index < -0.39 is 5.97 Å². The van der Waals surface area contributed by atoms with E-state index >= 15 is 0 Å². The Morgan fingerprint density at radius 2 is 1.83 bits per heavy atom. The monoisotopic (exact) mass is 506 g/mol. The average molecular weight is 507 g/mol. The molecule has 6 nitrogen and oxygen atoms in total. The summed E-state index contributed by atoms with van der Waals surface area (Å²) in [6, 6.07) is 22.0. The molecule has 0 spiro atoms. The van der Waals surface area contributed by atoms with E-state index in [1.54, 1.807) is 24.3 Å². The van der Waals surface area contributed by atoms with Gasteiger partial charge in [0.15, 0.2) is 6.61 Å². The molecule has 0 atom stereocenters. The van der Waals surface area contributed by atoms with Crippen molar-refractivity contribution in [3.63, 3.8) is 0 Å². The van der Waals surface area contributed by atoms with E-state index in [1.165, 1.54) is 23.1 Å². The first-order valence-corrected chi connectivity index (χ1v) is 12.3. The third-order valence-electron chi connectivity index (χ3n) is 5.02. The smallest absolute Gasteiger partial charge is 0.355 e. The number of rotatable bonds is 9. The maximum Gasteiger partial charge on any atom is 0.355 e. The van der Waals surface area contributed by atoms with Crippen LogP contribution in [0.4, 0.5) is 0 Å². The summed E-state index contributed by atoms with van der Waals surface area (Å²) in [6.07, 6.45) is 3.54. The molecule has 1 N–H and O–H groups in total. The second kappa shape index (κ2) is 11.6. The summed E-state index contributed by atoms with van der Waals surface area (Å²) in [5.41, 5.74) is 4.30. The van der Waals surface area contributed by atoms with Crippen molar-refractivity contribution in [1.82, 2.24) is 5.43 Å². The van der Waals surface area contributed by atoms with Gasteiger partial charge in [0.2, 0.25) is 0 Å². The van der Waals surface area contributed by atoms with Gasteiger partial charge in [-0.2, -0.15) is 5.10 Å². The van der Waals surface area contributed by atoms with Crippen LogP contribution in [0.15, 0.2) is 77.9 Å². The van der Waals surface area contributed by atoms with Crippen LogP contribution in [0.25, 0.3) is 10.1 Å². The van der Waals surface area contributed by atoms with E-state index in [0.29, 0.717) is 27.0 Å². The number of nitrogens with one attached hydrogen (secondary N) is 1. The highest BCUT2D eigenvalue weighted by Gasteiger charge is 2.19. The van der Waals surface area contributed by atoms with Gasteiger partial charge >= 0.3 is 5.97 Å². The second-order valence-corrected chi connectivity index (χ2v) is 9.11. The third-order valence-corrected chi connectivity index (χ3v) is 6.68. The Kier molecular flexibility index (Phi) is 8.13. The molecule has 1 amide bonds. The van der Waals surface area contributed by atoms with E-state index in [2.05, 4.69) is 17.5 Å². The molecule has 0 radical (unpaired) electrons. The number of halogens is 1. The highest BCUT2D eigenvalue weighted by atomic mass is 35.5. The molecule has 4 aromatic rings. The van der Waals surface area contributed by atoms with Crippen LogP contribution in [0.1, 0.15) is 34.1 Å². The van der Waals surface area contributed by atoms with Gasteiger partial charge in [-0.1, -0.05) is 67.4 Å². The fraction of sp³-hybridized carbons (Fsp3) is 0.148. The molecule has 0 saturated heterocycles. The van der Waals surface area contributed by atoms with Gasteiger partial charge in [0.05, 0.1) is 11.2 Å². The van der Waals surface area contributed by atoms with E-state index in [9.17, 15) is 9.59 Å². The largest absolute Gasteiger partial charge is 0.484 e. The first kappa shape index (κ1) is 24.4. The minimum Gasteiger partial charge on any atom is -0.484 e. The topological polar surface area (TPSA) is 77.0 Å². The van der Waals surface area contributed by atoms with Gasteiger partial charge in [0.1, 0.15) is 16.4 Å². The fourth-order valence-corrected chi connectivity index (χ4v) is 4.74. The van der Waals surface area contributed by atoms with Crippen LogP contribution in [0.3, 0.4) is 0 Å². The first-order valence-electron chi connectivity index (χ1n) is 11.1. The van der Waals surface area contributed by atoms with Crippen molar-refractivity contribution < 1.29 is 19.1 Å². The summed E-state index contributed by atoms with van der Waals surface area (Å²) in [5.74, 6) is 0.0465. The number of aryl methyl sites for hydroxylation is 1. The van der Waals surface area contributed by atoms with E-state index in [0.717, 1.165) is 22.9 Å². The number of hydrazone groups is 1. The molecule has 1 aromatic heterocycles. The number of carbonyl (C=O) groups excluding carboxylic acids is 2. The predicted molar refractivity (Wildman–Crippen MR) is 140 cm³/mol. The van der Waals surface area contributed by atoms with Crippen LogP contribution in [-0.4, -0.2) is 24.7 Å². The lowest BCUT2D eigenvalue weighted by Gasteiger charge is -2.06. The summed E-state index contributed by atoms with van der Waals surface area (Å²) in [5, 5.41) is 5.15. The van der Waals surface area contributed by atoms with Crippen molar-refractivity contribution in [1.29, 1.82) is 0 Å². The Balaban J connectivity index is 1.30. The van der Waals surface area contributed by atoms with Crippen molar-refractivity contribution in [3.8, 4) is 11.5 Å². The number of esters is 1. The van der Waals surface area contributed by atoms with E-state index in [1.807, 2.05) is 48.5 Å². The number of hydrogen-bond donors (Lipinski definition) is 1. The molecular weight excluding hydrogens is 484 g/mol. The van der Waals surface area contributed by atoms with Gasteiger partial charge in [-0.3, -0.25) is 4.79 Å². The van der Waals surface area contributed by atoms with Crippen LogP contribution in [0.2, 0.25) is 5.02 Å². The molecule has 0 bridgehead atoms. The zero-order valence-electron chi connectivity index (χ0n) is 19.0. The number of ether oxygens (including phenoxy) is 2. The number of carbonyl (C=O) groups is 2. The molecule has 0 fully saturated rings. The Morgan fingerprint density at radius 1 is 1.03 bits per heavy atom. The van der Waals surface area contributed by atoms with Crippen molar-refractivity contribution in [2.45, 2.75) is 19.8 Å². The van der Waals surface area contributed by atoms with Gasteiger partial charge in [0.25, 0.3) is 5.91 Å². The van der Waals surface area contributed by atoms with Gasteiger partial charge in [-0.15, -0.1) is 11.3 Å². The number of benzene rings is 3. The normalized spacial score (nSPS) is 11.0. The standard InChI is InChI=1S/C27H23ClN2O4S/c1-2-6-18-11-13-20(14-12-18)33-17-24(31)30-29-16-19-7-5-8-21(15-19)34-27(32)26-25(28)22-9-3-4-10-23(22)35-26/h3-5,7-16H,2,6,17H2,1H3,(H,30,31)/b29-16+. The van der Waals surface area contributed by atoms with E-state index in [-0.39, 0.29) is 12.5 Å². The van der Waals surface area contributed by atoms with Crippen LogP contribution in [0, 0.1) is 0 Å². The molecule has 0 unspecified atom stereocenters. The molecule has 0 aliphatic heterocycles. The molecule has 8 heteroatoms. The predicted octanol–water partition coefficient (Wildman–Crippen LogP) is 6.26. The molecule has 4 rings (SSSR count). The number of hydrogen-bond acceptors (Lipinski definition) is 6.